The van der Waals surface area contributed by atoms with E-state index in [0.717, 1.165) is 0 Å². The number of esters is 6. The van der Waals surface area contributed by atoms with Gasteiger partial charge in [-0.2, -0.15) is 0 Å². The van der Waals surface area contributed by atoms with Crippen molar-refractivity contribution >= 4 is 35.8 Å². The Morgan fingerprint density at radius 1 is 0.288 bits per heavy atom. The minimum absolute atomic E-state index is 0.0285. The molecule has 0 amide bonds. The number of carbonyl (C=O) groups is 6. The third-order valence-corrected chi connectivity index (χ3v) is 6.33. The van der Waals surface area contributed by atoms with Crippen molar-refractivity contribution in [3.63, 3.8) is 0 Å². The van der Waals surface area contributed by atoms with Crippen LogP contribution in [-0.4, -0.2) is 69.4 Å². The first-order valence-electron chi connectivity index (χ1n) is 22.8. The molecule has 12 nitrogen and oxygen atoms in total. The van der Waals surface area contributed by atoms with Crippen LogP contribution in [0, 0.1) is 23.7 Å². The molecule has 2 rings (SSSR count). The van der Waals surface area contributed by atoms with E-state index in [-0.39, 0.29) is 81.9 Å². The van der Waals surface area contributed by atoms with Gasteiger partial charge in [-0.05, 0) is 149 Å². The van der Waals surface area contributed by atoms with Crippen molar-refractivity contribution in [2.24, 2.45) is 23.7 Å². The zero-order valence-corrected chi connectivity index (χ0v) is 46.0. The fourth-order valence-electron chi connectivity index (χ4n) is 3.50. The molecule has 2 aromatic carbocycles. The van der Waals surface area contributed by atoms with E-state index in [4.69, 9.17) is 28.4 Å². The van der Waals surface area contributed by atoms with Crippen molar-refractivity contribution in [2.45, 2.75) is 214 Å². The van der Waals surface area contributed by atoms with Gasteiger partial charge in [0, 0.05) is 0 Å². The molecule has 0 fully saturated rings. The summed E-state index contributed by atoms with van der Waals surface area (Å²) in [6.45, 7) is 48.2. The van der Waals surface area contributed by atoms with Gasteiger partial charge < -0.3 is 28.4 Å². The Hall–Kier alpha value is -4.74. The number of benzene rings is 2. The van der Waals surface area contributed by atoms with Crippen LogP contribution in [0.3, 0.4) is 0 Å². The molecule has 0 aliphatic rings. The van der Waals surface area contributed by atoms with E-state index in [1.54, 1.807) is 24.3 Å². The molecule has 0 N–H and O–H groups in total. The Balaban J connectivity index is -0.000000351. The summed E-state index contributed by atoms with van der Waals surface area (Å²) in [5.74, 6) is -1.18. The molecular weight excluding hydrogens is 841 g/mol. The molecule has 2 aromatic rings. The van der Waals surface area contributed by atoms with E-state index in [1.807, 2.05) is 216 Å². The minimum atomic E-state index is -0.424. The number of hydrogen-bond donors (Lipinski definition) is 0. The molecule has 0 aliphatic heterocycles. The minimum Gasteiger partial charge on any atom is -0.460 e. The van der Waals surface area contributed by atoms with Crippen LogP contribution in [0.1, 0.15) is 201 Å². The smallest absolute Gasteiger partial charge is 0.338 e. The number of hydrogen-bond acceptors (Lipinski definition) is 12. The maximum atomic E-state index is 11.4. The standard InChI is InChI=1S/2C11H14O2.4C8H16O2/c2*1-11(2,3)13-10(12)9-7-5-4-6-8-9;4*1-6(2)7(9)10-8(3,4)5/h2*4-8H,1-3H3;4*6H,1-5H3. The fraction of sp³-hybridized carbons (Fsp3) is 0.667. The third-order valence-electron chi connectivity index (χ3n) is 6.33. The second-order valence-corrected chi connectivity index (χ2v) is 22.5. The van der Waals surface area contributed by atoms with Crippen LogP contribution in [0.2, 0.25) is 0 Å². The van der Waals surface area contributed by atoms with Crippen molar-refractivity contribution in [2.75, 3.05) is 0 Å². The van der Waals surface area contributed by atoms with Gasteiger partial charge in [-0.15, -0.1) is 0 Å². The maximum Gasteiger partial charge on any atom is 0.338 e. The van der Waals surface area contributed by atoms with Crippen LogP contribution >= 0.6 is 0 Å². The lowest BCUT2D eigenvalue weighted by Crippen LogP contribution is -2.26. The molecule has 0 bridgehead atoms. The van der Waals surface area contributed by atoms with Gasteiger partial charge in [-0.25, -0.2) is 9.59 Å². The molecule has 0 aliphatic carbocycles. The summed E-state index contributed by atoms with van der Waals surface area (Å²) in [5, 5.41) is 0. The Bertz CT molecular complexity index is 1490. The summed E-state index contributed by atoms with van der Waals surface area (Å²) < 4.78 is 30.6. The van der Waals surface area contributed by atoms with Crippen LogP contribution in [0.5, 0.6) is 0 Å². The Morgan fingerprint density at radius 2 is 0.439 bits per heavy atom. The summed E-state index contributed by atoms with van der Waals surface area (Å²) in [7, 11) is 0. The molecule has 0 heterocycles. The van der Waals surface area contributed by atoms with Crippen LogP contribution < -0.4 is 0 Å². The van der Waals surface area contributed by atoms with Crippen molar-refractivity contribution < 1.29 is 57.2 Å². The molecule has 0 unspecified atom stereocenters. The quantitative estimate of drug-likeness (QED) is 0.200. The molecule has 0 saturated heterocycles. The van der Waals surface area contributed by atoms with Gasteiger partial charge in [-0.1, -0.05) is 91.8 Å². The third kappa shape index (κ3) is 47.2. The lowest BCUT2D eigenvalue weighted by Gasteiger charge is -2.20. The Kier molecular flexibility index (Phi) is 31.4. The lowest BCUT2D eigenvalue weighted by molar-refractivity contribution is -0.159. The maximum absolute atomic E-state index is 11.4. The fourth-order valence-corrected chi connectivity index (χ4v) is 3.50. The van der Waals surface area contributed by atoms with Gasteiger partial charge in [0.05, 0.1) is 34.8 Å². The van der Waals surface area contributed by atoms with Gasteiger partial charge >= 0.3 is 35.8 Å². The molecule has 0 radical (unpaired) electrons. The molecule has 12 heteroatoms. The predicted molar refractivity (Wildman–Crippen MR) is 266 cm³/mol. The van der Waals surface area contributed by atoms with Crippen molar-refractivity contribution in [3.8, 4) is 0 Å². The molecule has 0 atom stereocenters. The summed E-state index contributed by atoms with van der Waals surface area (Å²) in [5.41, 5.74) is -1.04. The van der Waals surface area contributed by atoms with Crippen LogP contribution in [0.4, 0.5) is 0 Å². The van der Waals surface area contributed by atoms with Gasteiger partial charge in [-0.3, -0.25) is 19.2 Å². The van der Waals surface area contributed by atoms with E-state index < -0.39 is 11.2 Å². The average Bonchev–Trinajstić information content (AvgIpc) is 3.09. The molecule has 0 saturated carbocycles. The summed E-state index contributed by atoms with van der Waals surface area (Å²) in [4.78, 5) is 66.6. The molecular formula is C54H92O12. The Labute approximate surface area is 400 Å². The highest BCUT2D eigenvalue weighted by molar-refractivity contribution is 5.90. The second kappa shape index (κ2) is 30.5. The summed E-state index contributed by atoms with van der Waals surface area (Å²) in [6.07, 6.45) is 0. The monoisotopic (exact) mass is 933 g/mol. The summed E-state index contributed by atoms with van der Waals surface area (Å²) in [6, 6.07) is 18.0. The van der Waals surface area contributed by atoms with Gasteiger partial charge in [0.15, 0.2) is 0 Å². The molecule has 66 heavy (non-hydrogen) atoms. The zero-order valence-electron chi connectivity index (χ0n) is 46.0. The van der Waals surface area contributed by atoms with Gasteiger partial charge in [0.25, 0.3) is 0 Å². The van der Waals surface area contributed by atoms with Crippen LogP contribution in [-0.2, 0) is 47.6 Å². The normalized spacial score (nSPS) is 11.5. The largest absolute Gasteiger partial charge is 0.460 e. The molecule has 380 valence electrons. The summed E-state index contributed by atoms with van der Waals surface area (Å²) >= 11 is 0. The highest BCUT2D eigenvalue weighted by Crippen LogP contribution is 2.15. The first-order chi connectivity index (χ1) is 29.3. The number of rotatable bonds is 6. The van der Waals surface area contributed by atoms with Gasteiger partial charge in [0.2, 0.25) is 0 Å². The highest BCUT2D eigenvalue weighted by atomic mass is 16.6. The topological polar surface area (TPSA) is 158 Å². The van der Waals surface area contributed by atoms with Crippen molar-refractivity contribution in [3.05, 3.63) is 71.8 Å². The van der Waals surface area contributed by atoms with Crippen molar-refractivity contribution in [1.82, 2.24) is 0 Å². The van der Waals surface area contributed by atoms with Crippen LogP contribution in [0.25, 0.3) is 0 Å². The highest BCUT2D eigenvalue weighted by Gasteiger charge is 2.22. The first-order valence-corrected chi connectivity index (χ1v) is 22.8. The Morgan fingerprint density at radius 3 is 0.545 bits per heavy atom. The van der Waals surface area contributed by atoms with E-state index in [2.05, 4.69) is 0 Å². The predicted octanol–water partition coefficient (Wildman–Crippen LogP) is 13.2. The van der Waals surface area contributed by atoms with Crippen molar-refractivity contribution in [1.29, 1.82) is 0 Å². The molecule has 0 aromatic heterocycles. The van der Waals surface area contributed by atoms with E-state index in [0.29, 0.717) is 11.1 Å². The SMILES string of the molecule is CC(C)(C)OC(=O)c1ccccc1.CC(C)(C)OC(=O)c1ccccc1.CC(C)C(=O)OC(C)(C)C.CC(C)C(=O)OC(C)(C)C.CC(C)C(=O)OC(C)(C)C.CC(C)C(=O)OC(C)(C)C. The van der Waals surface area contributed by atoms with Gasteiger partial charge in [0.1, 0.15) is 33.6 Å². The number of carbonyl (C=O) groups excluding carboxylic acids is 6. The van der Waals surface area contributed by atoms with E-state index in [1.165, 1.54) is 0 Å². The lowest BCUT2D eigenvalue weighted by atomic mass is 10.1. The van der Waals surface area contributed by atoms with E-state index in [9.17, 15) is 28.8 Å². The zero-order chi connectivity index (χ0) is 53.2. The number of ether oxygens (including phenoxy) is 6. The van der Waals surface area contributed by atoms with E-state index >= 15 is 0 Å². The van der Waals surface area contributed by atoms with Crippen LogP contribution in [0.15, 0.2) is 60.7 Å². The second-order valence-electron chi connectivity index (χ2n) is 22.5. The first kappa shape index (κ1) is 67.8. The average molecular weight is 933 g/mol. The molecule has 0 spiro atoms.